The Morgan fingerprint density at radius 3 is 2.28 bits per heavy atom. The van der Waals surface area contributed by atoms with Crippen LogP contribution < -0.4 is 16.8 Å². The van der Waals surface area contributed by atoms with Gasteiger partial charge in [-0.25, -0.2) is 23.2 Å². The first-order chi connectivity index (χ1) is 13.8. The monoisotopic (exact) mass is 410 g/mol. The van der Waals surface area contributed by atoms with Gasteiger partial charge in [-0.2, -0.15) is 0 Å². The van der Waals surface area contributed by atoms with Crippen LogP contribution in [-0.2, 0) is 14.6 Å². The summed E-state index contributed by atoms with van der Waals surface area (Å²) in [6.45, 7) is 0. The molecule has 2 aromatic heterocycles. The normalized spacial score (nSPS) is 14.9. The van der Waals surface area contributed by atoms with Gasteiger partial charge < -0.3 is 16.8 Å². The van der Waals surface area contributed by atoms with E-state index in [-0.39, 0.29) is 10.7 Å². The highest BCUT2D eigenvalue weighted by molar-refractivity contribution is 7.92. The van der Waals surface area contributed by atoms with Crippen molar-refractivity contribution < 1.29 is 13.2 Å². The van der Waals surface area contributed by atoms with Gasteiger partial charge in [-0.1, -0.05) is 0 Å². The van der Waals surface area contributed by atoms with Gasteiger partial charge in [0.2, 0.25) is 0 Å². The average molecular weight is 410 g/mol. The minimum Gasteiger partial charge on any atom is -0.384 e. The number of carbonyl (C=O) groups is 1. The molecule has 5 N–H and O–H groups in total. The molecular weight excluding hydrogens is 392 g/mol. The summed E-state index contributed by atoms with van der Waals surface area (Å²) in [6.07, 6.45) is 3.80. The molecule has 0 saturated heterocycles. The third-order valence-electron chi connectivity index (χ3n) is 4.80. The molecule has 2 amide bonds. The molecule has 0 unspecified atom stereocenters. The molecule has 1 aliphatic rings. The second-order valence-electron chi connectivity index (χ2n) is 6.75. The number of urea groups is 1. The lowest BCUT2D eigenvalue weighted by Gasteiger charge is -2.17. The molecule has 1 saturated carbocycles. The smallest absolute Gasteiger partial charge is 0.316 e. The first-order valence-electron chi connectivity index (χ1n) is 8.78. The first kappa shape index (κ1) is 18.8. The van der Waals surface area contributed by atoms with Gasteiger partial charge in [-0.05, 0) is 49.2 Å². The Hall–Kier alpha value is -3.53. The van der Waals surface area contributed by atoms with Gasteiger partial charge in [-0.3, -0.25) is 4.98 Å². The number of benzene rings is 1. The lowest BCUT2D eigenvalue weighted by atomic mass is 10.1. The maximum absolute atomic E-state index is 13.2. The standard InChI is InChI=1S/C19H18N6O3S/c20-16-11-15(19(7-8-19)29(27,28)14-5-9-22-10-6-14)24-17(25-16)12-1-3-13(4-2-12)23-18(21)26/h1-6,9-11H,7-8H2,(H2,20,24,25)(H3,21,23,26). The predicted octanol–water partition coefficient (Wildman–Crippen LogP) is 2.07. The van der Waals surface area contributed by atoms with Gasteiger partial charge in [0.15, 0.2) is 15.7 Å². The maximum atomic E-state index is 13.2. The number of sulfone groups is 1. The summed E-state index contributed by atoms with van der Waals surface area (Å²) in [5, 5.41) is 2.47. The Labute approximate surface area is 167 Å². The number of hydrogen-bond donors (Lipinski definition) is 3. The Morgan fingerprint density at radius 2 is 1.69 bits per heavy atom. The number of pyridine rings is 1. The molecule has 10 heteroatoms. The molecule has 1 aromatic carbocycles. The summed E-state index contributed by atoms with van der Waals surface area (Å²) in [5.41, 5.74) is 12.6. The highest BCUT2D eigenvalue weighted by Crippen LogP contribution is 2.54. The molecule has 0 atom stereocenters. The molecule has 2 heterocycles. The van der Waals surface area contributed by atoms with Crippen LogP contribution in [0.2, 0.25) is 0 Å². The third-order valence-corrected chi connectivity index (χ3v) is 7.34. The molecule has 9 nitrogen and oxygen atoms in total. The van der Waals surface area contributed by atoms with Crippen molar-refractivity contribution in [2.24, 2.45) is 5.73 Å². The summed E-state index contributed by atoms with van der Waals surface area (Å²) in [6, 6.07) is 10.5. The van der Waals surface area contributed by atoms with Crippen molar-refractivity contribution in [1.29, 1.82) is 0 Å². The molecule has 4 rings (SSSR count). The van der Waals surface area contributed by atoms with E-state index in [4.69, 9.17) is 11.5 Å². The van der Waals surface area contributed by atoms with Crippen molar-refractivity contribution in [2.75, 3.05) is 11.1 Å². The van der Waals surface area contributed by atoms with Crippen molar-refractivity contribution >= 4 is 27.4 Å². The van der Waals surface area contributed by atoms with Crippen LogP contribution in [0.1, 0.15) is 18.5 Å². The Balaban J connectivity index is 1.73. The molecule has 0 aliphatic heterocycles. The number of nitrogens with two attached hydrogens (primary N) is 2. The van der Waals surface area contributed by atoms with Gasteiger partial charge in [0.1, 0.15) is 10.6 Å². The summed E-state index contributed by atoms with van der Waals surface area (Å²) in [5.74, 6) is 0.488. The van der Waals surface area contributed by atoms with E-state index in [9.17, 15) is 13.2 Å². The molecule has 29 heavy (non-hydrogen) atoms. The van der Waals surface area contributed by atoms with E-state index >= 15 is 0 Å². The average Bonchev–Trinajstić information content (AvgIpc) is 3.51. The zero-order valence-corrected chi connectivity index (χ0v) is 16.1. The van der Waals surface area contributed by atoms with Crippen LogP contribution in [0.3, 0.4) is 0 Å². The molecule has 1 fully saturated rings. The van der Waals surface area contributed by atoms with Crippen LogP contribution in [0.4, 0.5) is 16.3 Å². The van der Waals surface area contributed by atoms with Crippen LogP contribution in [0.15, 0.2) is 59.8 Å². The second-order valence-corrected chi connectivity index (χ2v) is 9.01. The van der Waals surface area contributed by atoms with Gasteiger partial charge in [-0.15, -0.1) is 0 Å². The molecule has 3 aromatic rings. The third kappa shape index (κ3) is 3.38. The fourth-order valence-electron chi connectivity index (χ4n) is 3.19. The van der Waals surface area contributed by atoms with Gasteiger partial charge in [0, 0.05) is 29.7 Å². The summed E-state index contributed by atoms with van der Waals surface area (Å²) < 4.78 is 25.4. The SMILES string of the molecule is NC(=O)Nc1ccc(-c2nc(N)cc(C3(S(=O)(=O)c4ccncc4)CC3)n2)cc1. The van der Waals surface area contributed by atoms with E-state index in [1.165, 1.54) is 30.6 Å². The second kappa shape index (κ2) is 6.82. The molecule has 0 bridgehead atoms. The van der Waals surface area contributed by atoms with Crippen LogP contribution in [0.5, 0.6) is 0 Å². The van der Waals surface area contributed by atoms with Gasteiger partial charge >= 0.3 is 6.03 Å². The number of aromatic nitrogens is 3. The van der Waals surface area contributed by atoms with E-state index in [0.29, 0.717) is 35.6 Å². The Morgan fingerprint density at radius 1 is 1.03 bits per heavy atom. The number of nitrogens with one attached hydrogen (secondary N) is 1. The number of rotatable bonds is 5. The summed E-state index contributed by atoms with van der Waals surface area (Å²) in [7, 11) is -3.66. The Bertz CT molecular complexity index is 1180. The predicted molar refractivity (Wildman–Crippen MR) is 107 cm³/mol. The summed E-state index contributed by atoms with van der Waals surface area (Å²) >= 11 is 0. The number of carbonyl (C=O) groups excluding carboxylic acids is 1. The highest BCUT2D eigenvalue weighted by Gasteiger charge is 2.57. The molecule has 148 valence electrons. The number of nitrogen functional groups attached to an aromatic ring is 1. The zero-order chi connectivity index (χ0) is 20.6. The van der Waals surface area contributed by atoms with E-state index in [2.05, 4.69) is 20.3 Å². The number of hydrogen-bond acceptors (Lipinski definition) is 7. The van der Waals surface area contributed by atoms with Crippen molar-refractivity contribution in [3.05, 3.63) is 60.6 Å². The number of nitrogens with zero attached hydrogens (tertiary/aromatic N) is 3. The molecule has 0 radical (unpaired) electrons. The largest absolute Gasteiger partial charge is 0.384 e. The number of primary amides is 1. The van der Waals surface area contributed by atoms with Crippen LogP contribution in [-0.4, -0.2) is 29.4 Å². The molecule has 1 aliphatic carbocycles. The number of amides is 2. The summed E-state index contributed by atoms with van der Waals surface area (Å²) in [4.78, 5) is 23.8. The van der Waals surface area contributed by atoms with E-state index in [1.807, 2.05) is 0 Å². The van der Waals surface area contributed by atoms with Crippen LogP contribution in [0.25, 0.3) is 11.4 Å². The molecule has 0 spiro atoms. The fraction of sp³-hybridized carbons (Fsp3) is 0.158. The molecular formula is C19H18N6O3S. The quantitative estimate of drug-likeness (QED) is 0.581. The van der Waals surface area contributed by atoms with Crippen molar-refractivity contribution in [3.8, 4) is 11.4 Å². The van der Waals surface area contributed by atoms with Crippen LogP contribution in [0, 0.1) is 0 Å². The first-order valence-corrected chi connectivity index (χ1v) is 10.3. The van der Waals surface area contributed by atoms with E-state index in [1.54, 1.807) is 24.3 Å². The fourth-order valence-corrected chi connectivity index (χ4v) is 5.14. The lowest BCUT2D eigenvalue weighted by Crippen LogP contribution is -2.23. The van der Waals surface area contributed by atoms with Crippen molar-refractivity contribution in [1.82, 2.24) is 15.0 Å². The highest BCUT2D eigenvalue weighted by atomic mass is 32.2. The maximum Gasteiger partial charge on any atom is 0.316 e. The van der Waals surface area contributed by atoms with E-state index < -0.39 is 20.6 Å². The number of anilines is 2. The minimum absolute atomic E-state index is 0.181. The minimum atomic E-state index is -3.66. The zero-order valence-electron chi connectivity index (χ0n) is 15.2. The van der Waals surface area contributed by atoms with Gasteiger partial charge in [0.05, 0.1) is 10.6 Å². The van der Waals surface area contributed by atoms with E-state index in [0.717, 1.165) is 0 Å². The lowest BCUT2D eigenvalue weighted by molar-refractivity contribution is 0.259. The van der Waals surface area contributed by atoms with Gasteiger partial charge in [0.25, 0.3) is 0 Å². The van der Waals surface area contributed by atoms with Crippen LogP contribution >= 0.6 is 0 Å². The van der Waals surface area contributed by atoms with Crippen molar-refractivity contribution in [2.45, 2.75) is 22.5 Å². The van der Waals surface area contributed by atoms with Crippen molar-refractivity contribution in [3.63, 3.8) is 0 Å². The Kier molecular flexibility index (Phi) is 4.42. The topological polar surface area (TPSA) is 154 Å².